The first-order valence-electron chi connectivity index (χ1n) is 6.18. The summed E-state index contributed by atoms with van der Waals surface area (Å²) in [6.45, 7) is 1.91. The molecule has 2 rings (SSSR count). The second-order valence-electron chi connectivity index (χ2n) is 4.53. The van der Waals surface area contributed by atoms with Gasteiger partial charge in [0.25, 0.3) is 0 Å². The first kappa shape index (κ1) is 13.6. The third-order valence-corrected chi connectivity index (χ3v) is 3.21. The first-order chi connectivity index (χ1) is 9.11. The fourth-order valence-electron chi connectivity index (χ4n) is 2.13. The molecule has 0 heterocycles. The van der Waals surface area contributed by atoms with E-state index in [2.05, 4.69) is 0 Å². The Morgan fingerprint density at radius 3 is 2.58 bits per heavy atom. The van der Waals surface area contributed by atoms with Crippen LogP contribution in [-0.4, -0.2) is 12.2 Å². The maximum atomic E-state index is 13.6. The van der Waals surface area contributed by atoms with Gasteiger partial charge in [-0.25, -0.2) is 4.39 Å². The van der Waals surface area contributed by atoms with E-state index >= 15 is 0 Å². The number of ether oxygens (including phenoxy) is 1. The molecule has 0 fully saturated rings. The topological polar surface area (TPSA) is 29.5 Å². The van der Waals surface area contributed by atoms with Gasteiger partial charge in [0, 0.05) is 6.42 Å². The highest BCUT2D eigenvalue weighted by Gasteiger charge is 2.13. The van der Waals surface area contributed by atoms with Crippen LogP contribution >= 0.6 is 0 Å². The van der Waals surface area contributed by atoms with Crippen LogP contribution in [0.25, 0.3) is 0 Å². The van der Waals surface area contributed by atoms with Gasteiger partial charge < -0.3 is 9.84 Å². The second-order valence-corrected chi connectivity index (χ2v) is 4.53. The van der Waals surface area contributed by atoms with Gasteiger partial charge in [0.1, 0.15) is 11.6 Å². The molecular formula is C16H17FO2. The summed E-state index contributed by atoms with van der Waals surface area (Å²) < 4.78 is 18.7. The monoisotopic (exact) mass is 260 g/mol. The van der Waals surface area contributed by atoms with Crippen LogP contribution in [-0.2, 0) is 6.42 Å². The molecule has 0 saturated heterocycles. The zero-order valence-corrected chi connectivity index (χ0v) is 11.1. The average Bonchev–Trinajstić information content (AvgIpc) is 2.41. The van der Waals surface area contributed by atoms with Crippen molar-refractivity contribution in [2.45, 2.75) is 19.4 Å². The molecule has 1 N–H and O–H groups in total. The Labute approximate surface area is 112 Å². The van der Waals surface area contributed by atoms with Crippen LogP contribution in [0.1, 0.15) is 22.8 Å². The third-order valence-electron chi connectivity index (χ3n) is 3.21. The molecule has 3 heteroatoms. The fraction of sp³-hybridized carbons (Fsp3) is 0.250. The summed E-state index contributed by atoms with van der Waals surface area (Å²) in [5, 5.41) is 10.2. The summed E-state index contributed by atoms with van der Waals surface area (Å²) in [7, 11) is 1.60. The normalized spacial score (nSPS) is 12.2. The van der Waals surface area contributed by atoms with E-state index in [9.17, 15) is 9.50 Å². The Morgan fingerprint density at radius 1 is 1.21 bits per heavy atom. The molecule has 1 unspecified atom stereocenters. The molecule has 19 heavy (non-hydrogen) atoms. The SMILES string of the molecule is COc1ccc(C(O)Cc2ccccc2F)c(C)c1. The van der Waals surface area contributed by atoms with Gasteiger partial charge in [-0.1, -0.05) is 24.3 Å². The van der Waals surface area contributed by atoms with Gasteiger partial charge in [-0.05, 0) is 41.8 Å². The second kappa shape index (κ2) is 5.85. The van der Waals surface area contributed by atoms with Crippen LogP contribution in [0.4, 0.5) is 4.39 Å². The lowest BCUT2D eigenvalue weighted by molar-refractivity contribution is 0.176. The molecule has 0 amide bonds. The number of rotatable bonds is 4. The number of aryl methyl sites for hydroxylation is 1. The Hall–Kier alpha value is -1.87. The van der Waals surface area contributed by atoms with E-state index in [4.69, 9.17) is 4.74 Å². The number of aliphatic hydroxyl groups is 1. The molecule has 0 spiro atoms. The first-order valence-corrected chi connectivity index (χ1v) is 6.18. The van der Waals surface area contributed by atoms with Crippen LogP contribution in [0.5, 0.6) is 5.75 Å². The van der Waals surface area contributed by atoms with Crippen molar-refractivity contribution < 1.29 is 14.2 Å². The van der Waals surface area contributed by atoms with E-state index in [-0.39, 0.29) is 12.2 Å². The van der Waals surface area contributed by atoms with Crippen molar-refractivity contribution in [2.24, 2.45) is 0 Å². The maximum Gasteiger partial charge on any atom is 0.126 e. The van der Waals surface area contributed by atoms with Crippen molar-refractivity contribution in [2.75, 3.05) is 7.11 Å². The Morgan fingerprint density at radius 2 is 1.95 bits per heavy atom. The van der Waals surface area contributed by atoms with Crippen molar-refractivity contribution in [1.29, 1.82) is 0 Å². The number of hydrogen-bond donors (Lipinski definition) is 1. The fourth-order valence-corrected chi connectivity index (χ4v) is 2.13. The van der Waals surface area contributed by atoms with Crippen LogP contribution in [0.3, 0.4) is 0 Å². The molecule has 2 nitrogen and oxygen atoms in total. The smallest absolute Gasteiger partial charge is 0.126 e. The molecule has 0 bridgehead atoms. The molecule has 0 aliphatic heterocycles. The van der Waals surface area contributed by atoms with Crippen molar-refractivity contribution in [3.63, 3.8) is 0 Å². The van der Waals surface area contributed by atoms with Gasteiger partial charge >= 0.3 is 0 Å². The van der Waals surface area contributed by atoms with Crippen LogP contribution in [0.15, 0.2) is 42.5 Å². The molecular weight excluding hydrogens is 243 g/mol. The summed E-state index contributed by atoms with van der Waals surface area (Å²) in [5.74, 6) is 0.465. The Bertz CT molecular complexity index is 566. The lowest BCUT2D eigenvalue weighted by Crippen LogP contribution is -2.05. The van der Waals surface area contributed by atoms with E-state index in [1.54, 1.807) is 31.4 Å². The molecule has 2 aromatic carbocycles. The zero-order valence-electron chi connectivity index (χ0n) is 11.1. The number of methoxy groups -OCH3 is 1. The predicted molar refractivity (Wildman–Crippen MR) is 72.8 cm³/mol. The molecule has 0 aliphatic carbocycles. The van der Waals surface area contributed by atoms with Gasteiger partial charge in [-0.2, -0.15) is 0 Å². The summed E-state index contributed by atoms with van der Waals surface area (Å²) in [6.07, 6.45) is -0.456. The van der Waals surface area contributed by atoms with E-state index in [1.165, 1.54) is 6.07 Å². The van der Waals surface area contributed by atoms with Crippen LogP contribution < -0.4 is 4.74 Å². The lowest BCUT2D eigenvalue weighted by atomic mass is 9.97. The number of aliphatic hydroxyl groups excluding tert-OH is 1. The van der Waals surface area contributed by atoms with E-state index in [1.807, 2.05) is 19.1 Å². The van der Waals surface area contributed by atoms with Gasteiger partial charge in [0.15, 0.2) is 0 Å². The van der Waals surface area contributed by atoms with Crippen LogP contribution in [0.2, 0.25) is 0 Å². The Kier molecular flexibility index (Phi) is 4.17. The summed E-state index contributed by atoms with van der Waals surface area (Å²) in [4.78, 5) is 0. The Balaban J connectivity index is 2.21. The lowest BCUT2D eigenvalue weighted by Gasteiger charge is -2.15. The van der Waals surface area contributed by atoms with E-state index in [0.717, 1.165) is 16.9 Å². The molecule has 0 aromatic heterocycles. The summed E-state index contributed by atoms with van der Waals surface area (Å²) in [6, 6.07) is 12.0. The number of benzene rings is 2. The van der Waals surface area contributed by atoms with Gasteiger partial charge in [0.2, 0.25) is 0 Å². The van der Waals surface area contributed by atoms with Crippen molar-refractivity contribution in [3.05, 3.63) is 65.0 Å². The van der Waals surface area contributed by atoms with E-state index < -0.39 is 6.10 Å². The van der Waals surface area contributed by atoms with Gasteiger partial charge in [-0.3, -0.25) is 0 Å². The average molecular weight is 260 g/mol. The minimum atomic E-state index is -0.720. The number of halogens is 1. The van der Waals surface area contributed by atoms with E-state index in [0.29, 0.717) is 5.56 Å². The maximum absolute atomic E-state index is 13.6. The number of hydrogen-bond acceptors (Lipinski definition) is 2. The predicted octanol–water partition coefficient (Wildman–Crippen LogP) is 3.42. The molecule has 0 saturated carbocycles. The largest absolute Gasteiger partial charge is 0.497 e. The molecule has 1 atom stereocenters. The minimum Gasteiger partial charge on any atom is -0.497 e. The quantitative estimate of drug-likeness (QED) is 0.912. The highest BCUT2D eigenvalue weighted by Crippen LogP contribution is 2.25. The standard InChI is InChI=1S/C16H17FO2/c1-11-9-13(19-2)7-8-14(11)16(18)10-12-5-3-4-6-15(12)17/h3-9,16,18H,10H2,1-2H3. The third kappa shape index (κ3) is 3.12. The van der Waals surface area contributed by atoms with Crippen molar-refractivity contribution in [3.8, 4) is 5.75 Å². The highest BCUT2D eigenvalue weighted by molar-refractivity contribution is 5.36. The molecule has 0 radical (unpaired) electrons. The van der Waals surface area contributed by atoms with Gasteiger partial charge in [0.05, 0.1) is 13.2 Å². The molecule has 100 valence electrons. The highest BCUT2D eigenvalue weighted by atomic mass is 19.1. The van der Waals surface area contributed by atoms with Crippen LogP contribution in [0, 0.1) is 12.7 Å². The van der Waals surface area contributed by atoms with Gasteiger partial charge in [-0.15, -0.1) is 0 Å². The van der Waals surface area contributed by atoms with Crippen molar-refractivity contribution >= 4 is 0 Å². The van der Waals surface area contributed by atoms with Crippen molar-refractivity contribution in [1.82, 2.24) is 0 Å². The summed E-state index contributed by atoms with van der Waals surface area (Å²) >= 11 is 0. The summed E-state index contributed by atoms with van der Waals surface area (Å²) in [5.41, 5.74) is 2.25. The minimum absolute atomic E-state index is 0.264. The molecule has 0 aliphatic rings. The zero-order chi connectivity index (χ0) is 13.8. The molecule has 2 aromatic rings.